The quantitative estimate of drug-likeness (QED) is 0.938. The van der Waals surface area contributed by atoms with Crippen molar-refractivity contribution in [3.63, 3.8) is 0 Å². The predicted octanol–water partition coefficient (Wildman–Crippen LogP) is 2.01. The van der Waals surface area contributed by atoms with E-state index in [9.17, 15) is 4.79 Å². The van der Waals surface area contributed by atoms with Crippen LogP contribution in [0.3, 0.4) is 0 Å². The third-order valence-corrected chi connectivity index (χ3v) is 4.06. The Labute approximate surface area is 129 Å². The second-order valence-corrected chi connectivity index (χ2v) is 5.80. The molecule has 0 aromatic carbocycles. The Morgan fingerprint density at radius 3 is 2.73 bits per heavy atom. The number of rotatable bonds is 3. The molecule has 2 aromatic heterocycles. The average molecular weight is 303 g/mol. The molecule has 0 saturated carbocycles. The summed E-state index contributed by atoms with van der Waals surface area (Å²) in [4.78, 5) is 18.8. The van der Waals surface area contributed by atoms with E-state index < -0.39 is 0 Å². The van der Waals surface area contributed by atoms with Crippen LogP contribution in [0.15, 0.2) is 16.7 Å². The molecule has 1 amide bonds. The maximum Gasteiger partial charge on any atom is 0.294 e. The third kappa shape index (κ3) is 2.89. The van der Waals surface area contributed by atoms with E-state index in [0.717, 1.165) is 25.9 Å². The van der Waals surface area contributed by atoms with Crippen molar-refractivity contribution in [1.82, 2.24) is 19.7 Å². The van der Waals surface area contributed by atoms with Crippen LogP contribution in [-0.2, 0) is 0 Å². The second kappa shape index (κ2) is 5.92. The largest absolute Gasteiger partial charge is 0.436 e. The number of aryl methyl sites for hydroxylation is 2. The van der Waals surface area contributed by atoms with Gasteiger partial charge in [0, 0.05) is 13.0 Å². The maximum atomic E-state index is 12.3. The van der Waals surface area contributed by atoms with Crippen LogP contribution >= 0.6 is 0 Å². The smallest absolute Gasteiger partial charge is 0.294 e. The van der Waals surface area contributed by atoms with Gasteiger partial charge in [-0.2, -0.15) is 5.10 Å². The number of nitrogens with zero attached hydrogens (tertiary/aromatic N) is 4. The molecule has 1 aliphatic heterocycles. The van der Waals surface area contributed by atoms with Gasteiger partial charge in [0.25, 0.3) is 5.91 Å². The lowest BCUT2D eigenvalue weighted by Crippen LogP contribution is -2.32. The van der Waals surface area contributed by atoms with E-state index in [2.05, 4.69) is 27.3 Å². The Bertz CT molecular complexity index is 667. The molecule has 22 heavy (non-hydrogen) atoms. The van der Waals surface area contributed by atoms with Crippen molar-refractivity contribution in [2.75, 3.05) is 25.5 Å². The molecule has 1 fully saturated rings. The third-order valence-electron chi connectivity index (χ3n) is 4.06. The minimum Gasteiger partial charge on any atom is -0.436 e. The number of aromatic nitrogens is 3. The number of oxazole rings is 1. The molecule has 1 saturated heterocycles. The first-order chi connectivity index (χ1) is 10.5. The summed E-state index contributed by atoms with van der Waals surface area (Å²) in [6, 6.07) is 2.13. The second-order valence-electron chi connectivity index (χ2n) is 5.80. The number of anilines is 1. The summed E-state index contributed by atoms with van der Waals surface area (Å²) in [5.41, 5.74) is 0.598. The average Bonchev–Trinajstić information content (AvgIpc) is 3.06. The Kier molecular flexibility index (Phi) is 3.98. The standard InChI is InChI=1S/C15H21N5O2/c1-10-14(22-11(2)17-10)15(21)18-13-4-7-16-20(13)12-5-8-19(3)9-6-12/h4,7,12H,5-6,8-9H2,1-3H3,(H,18,21). The SMILES string of the molecule is Cc1nc(C)c(C(=O)Nc2ccnn2C2CCN(C)CC2)o1. The van der Waals surface area contributed by atoms with Crippen LogP contribution in [-0.4, -0.2) is 45.7 Å². The van der Waals surface area contributed by atoms with Crippen molar-refractivity contribution in [2.45, 2.75) is 32.7 Å². The molecular weight excluding hydrogens is 282 g/mol. The molecule has 0 spiro atoms. The van der Waals surface area contributed by atoms with Gasteiger partial charge >= 0.3 is 0 Å². The fourth-order valence-corrected chi connectivity index (χ4v) is 2.86. The summed E-state index contributed by atoms with van der Waals surface area (Å²) in [5.74, 6) is 1.17. The van der Waals surface area contributed by atoms with Gasteiger partial charge in [0.2, 0.25) is 5.76 Å². The van der Waals surface area contributed by atoms with Crippen LogP contribution in [0, 0.1) is 13.8 Å². The van der Waals surface area contributed by atoms with E-state index in [4.69, 9.17) is 4.42 Å². The molecular formula is C15H21N5O2. The highest BCUT2D eigenvalue weighted by Crippen LogP contribution is 2.25. The number of carbonyl (C=O) groups is 1. The number of hydrogen-bond acceptors (Lipinski definition) is 5. The van der Waals surface area contributed by atoms with Crippen LogP contribution in [0.5, 0.6) is 0 Å². The summed E-state index contributed by atoms with van der Waals surface area (Å²) in [6.45, 7) is 5.57. The van der Waals surface area contributed by atoms with Crippen molar-refractivity contribution < 1.29 is 9.21 Å². The minimum absolute atomic E-state index is 0.258. The van der Waals surface area contributed by atoms with Crippen LogP contribution in [0.2, 0.25) is 0 Å². The molecule has 3 heterocycles. The fraction of sp³-hybridized carbons (Fsp3) is 0.533. The van der Waals surface area contributed by atoms with Gasteiger partial charge in [-0.3, -0.25) is 4.79 Å². The van der Waals surface area contributed by atoms with Crippen molar-refractivity contribution in [2.24, 2.45) is 0 Å². The van der Waals surface area contributed by atoms with Gasteiger partial charge in [-0.25, -0.2) is 9.67 Å². The predicted molar refractivity (Wildman–Crippen MR) is 81.9 cm³/mol. The van der Waals surface area contributed by atoms with Gasteiger partial charge in [-0.1, -0.05) is 0 Å². The van der Waals surface area contributed by atoms with Gasteiger partial charge in [0.1, 0.15) is 5.82 Å². The summed E-state index contributed by atoms with van der Waals surface area (Å²) >= 11 is 0. The molecule has 7 nitrogen and oxygen atoms in total. The Morgan fingerprint density at radius 2 is 2.09 bits per heavy atom. The molecule has 0 aliphatic carbocycles. The lowest BCUT2D eigenvalue weighted by Gasteiger charge is -2.29. The summed E-state index contributed by atoms with van der Waals surface area (Å²) in [6.07, 6.45) is 3.77. The summed E-state index contributed by atoms with van der Waals surface area (Å²) in [7, 11) is 2.12. The van der Waals surface area contributed by atoms with Gasteiger partial charge < -0.3 is 14.6 Å². The minimum atomic E-state index is -0.284. The topological polar surface area (TPSA) is 76.2 Å². The monoisotopic (exact) mass is 303 g/mol. The number of amides is 1. The van der Waals surface area contributed by atoms with Crippen LogP contribution < -0.4 is 5.32 Å². The number of carbonyl (C=O) groups excluding carboxylic acids is 1. The molecule has 0 bridgehead atoms. The van der Waals surface area contributed by atoms with Gasteiger partial charge in [-0.15, -0.1) is 0 Å². The van der Waals surface area contributed by atoms with E-state index >= 15 is 0 Å². The van der Waals surface area contributed by atoms with Crippen molar-refractivity contribution in [3.05, 3.63) is 29.6 Å². The molecule has 3 rings (SSSR count). The molecule has 0 unspecified atom stereocenters. The van der Waals surface area contributed by atoms with Crippen LogP contribution in [0.1, 0.15) is 41.0 Å². The van der Waals surface area contributed by atoms with E-state index in [1.54, 1.807) is 20.0 Å². The van der Waals surface area contributed by atoms with E-state index in [-0.39, 0.29) is 11.7 Å². The Balaban J connectivity index is 1.75. The van der Waals surface area contributed by atoms with Crippen LogP contribution in [0.4, 0.5) is 5.82 Å². The highest BCUT2D eigenvalue weighted by atomic mass is 16.4. The molecule has 2 aromatic rings. The van der Waals surface area contributed by atoms with E-state index in [1.165, 1.54) is 0 Å². The Morgan fingerprint density at radius 1 is 1.36 bits per heavy atom. The zero-order valence-electron chi connectivity index (χ0n) is 13.2. The fourth-order valence-electron chi connectivity index (χ4n) is 2.86. The zero-order valence-corrected chi connectivity index (χ0v) is 13.2. The van der Waals surface area contributed by atoms with Gasteiger partial charge in [0.15, 0.2) is 5.89 Å². The van der Waals surface area contributed by atoms with E-state index in [0.29, 0.717) is 23.4 Å². The van der Waals surface area contributed by atoms with E-state index in [1.807, 2.05) is 10.7 Å². The summed E-state index contributed by atoms with van der Waals surface area (Å²) < 4.78 is 7.27. The van der Waals surface area contributed by atoms with Gasteiger partial charge in [-0.05, 0) is 39.9 Å². The molecule has 1 N–H and O–H groups in total. The van der Waals surface area contributed by atoms with Gasteiger partial charge in [0.05, 0.1) is 17.9 Å². The van der Waals surface area contributed by atoms with Crippen molar-refractivity contribution >= 4 is 11.7 Å². The highest BCUT2D eigenvalue weighted by molar-refractivity contribution is 6.02. The number of hydrogen-bond donors (Lipinski definition) is 1. The first-order valence-corrected chi connectivity index (χ1v) is 7.52. The zero-order chi connectivity index (χ0) is 15.7. The maximum absolute atomic E-state index is 12.3. The Hall–Kier alpha value is -2.15. The lowest BCUT2D eigenvalue weighted by atomic mass is 10.1. The molecule has 1 aliphatic rings. The molecule has 0 atom stereocenters. The number of likely N-dealkylation sites (tertiary alicyclic amines) is 1. The normalized spacial score (nSPS) is 16.9. The van der Waals surface area contributed by atoms with Crippen LogP contribution in [0.25, 0.3) is 0 Å². The molecule has 0 radical (unpaired) electrons. The molecule has 7 heteroatoms. The van der Waals surface area contributed by atoms with Crippen molar-refractivity contribution in [1.29, 1.82) is 0 Å². The first-order valence-electron chi connectivity index (χ1n) is 7.52. The first kappa shape index (κ1) is 14.8. The lowest BCUT2D eigenvalue weighted by molar-refractivity contribution is 0.0993. The highest BCUT2D eigenvalue weighted by Gasteiger charge is 2.23. The van der Waals surface area contributed by atoms with Crippen molar-refractivity contribution in [3.8, 4) is 0 Å². The number of nitrogens with one attached hydrogen (secondary N) is 1. The summed E-state index contributed by atoms with van der Waals surface area (Å²) in [5, 5.41) is 7.26. The molecule has 118 valence electrons. The number of piperidine rings is 1.